The van der Waals surface area contributed by atoms with Crippen LogP contribution in [-0.2, 0) is 13.6 Å². The molecule has 2 N–H and O–H groups in total. The van der Waals surface area contributed by atoms with Crippen molar-refractivity contribution in [2.24, 2.45) is 17.8 Å². The van der Waals surface area contributed by atoms with Crippen LogP contribution in [-0.4, -0.2) is 15.6 Å². The van der Waals surface area contributed by atoms with Crippen LogP contribution in [0.5, 0.6) is 0 Å². The van der Waals surface area contributed by atoms with Crippen molar-refractivity contribution in [3.63, 3.8) is 0 Å². The number of hydrogen-bond donors (Lipinski definition) is 1. The summed E-state index contributed by atoms with van der Waals surface area (Å²) < 4.78 is 1.79. The van der Waals surface area contributed by atoms with E-state index in [1.165, 1.54) is 0 Å². The minimum atomic E-state index is 0.553. The number of nitrogens with zero attached hydrogens (tertiary/aromatic N) is 3. The molecule has 4 nitrogen and oxygen atoms in total. The number of amidine groups is 1. The molecule has 0 saturated carbocycles. The van der Waals surface area contributed by atoms with Crippen LogP contribution in [0.25, 0.3) is 0 Å². The van der Waals surface area contributed by atoms with E-state index in [0.29, 0.717) is 12.4 Å². The fourth-order valence-corrected chi connectivity index (χ4v) is 1.42. The maximum atomic E-state index is 5.88. The van der Waals surface area contributed by atoms with Crippen molar-refractivity contribution in [3.8, 4) is 0 Å². The summed E-state index contributed by atoms with van der Waals surface area (Å²) in [6.07, 6.45) is 1.75. The summed E-state index contributed by atoms with van der Waals surface area (Å²) in [6.45, 7) is 0.553. The molecule has 4 heteroatoms. The molecule has 16 heavy (non-hydrogen) atoms. The molecule has 2 rings (SSSR count). The van der Waals surface area contributed by atoms with Crippen LogP contribution in [0.3, 0.4) is 0 Å². The van der Waals surface area contributed by atoms with Crippen molar-refractivity contribution in [1.29, 1.82) is 0 Å². The quantitative estimate of drug-likeness (QED) is 0.619. The molecule has 2 aromatic rings. The number of aliphatic imine (C=N–C) groups is 1. The zero-order valence-electron chi connectivity index (χ0n) is 9.17. The molecule has 1 heterocycles. The zero-order valence-corrected chi connectivity index (χ0v) is 9.17. The molecular weight excluding hydrogens is 200 g/mol. The van der Waals surface area contributed by atoms with Crippen molar-refractivity contribution >= 4 is 5.84 Å². The van der Waals surface area contributed by atoms with Gasteiger partial charge in [0, 0.05) is 18.8 Å². The second-order valence-electron chi connectivity index (χ2n) is 3.51. The van der Waals surface area contributed by atoms with Crippen LogP contribution in [0.1, 0.15) is 11.3 Å². The van der Waals surface area contributed by atoms with E-state index in [1.54, 1.807) is 10.9 Å². The van der Waals surface area contributed by atoms with Gasteiger partial charge in [0.15, 0.2) is 0 Å². The molecular formula is C12H14N4. The monoisotopic (exact) mass is 214 g/mol. The van der Waals surface area contributed by atoms with Gasteiger partial charge in [-0.1, -0.05) is 30.3 Å². The van der Waals surface area contributed by atoms with Gasteiger partial charge in [0.05, 0.1) is 12.2 Å². The molecule has 0 saturated heterocycles. The molecule has 0 radical (unpaired) electrons. The number of aromatic nitrogens is 2. The van der Waals surface area contributed by atoms with Gasteiger partial charge in [0.2, 0.25) is 0 Å². The summed E-state index contributed by atoms with van der Waals surface area (Å²) in [5.74, 6) is 0.557. The predicted octanol–water partition coefficient (Wildman–Crippen LogP) is 1.33. The van der Waals surface area contributed by atoms with Crippen LogP contribution in [0.15, 0.2) is 47.6 Å². The Labute approximate surface area is 94.4 Å². The Balaban J connectivity index is 2.12. The number of benzene rings is 1. The first-order valence-corrected chi connectivity index (χ1v) is 5.09. The Kier molecular flexibility index (Phi) is 3.00. The smallest absolute Gasteiger partial charge is 0.126 e. The van der Waals surface area contributed by atoms with Crippen LogP contribution >= 0.6 is 0 Å². The minimum absolute atomic E-state index is 0.553. The van der Waals surface area contributed by atoms with Gasteiger partial charge in [-0.15, -0.1) is 0 Å². The predicted molar refractivity (Wildman–Crippen MR) is 64.1 cm³/mol. The summed E-state index contributed by atoms with van der Waals surface area (Å²) in [7, 11) is 1.89. The molecule has 0 unspecified atom stereocenters. The summed E-state index contributed by atoms with van der Waals surface area (Å²) in [5.41, 5.74) is 7.87. The van der Waals surface area contributed by atoms with Gasteiger partial charge in [0.25, 0.3) is 0 Å². The van der Waals surface area contributed by atoms with E-state index >= 15 is 0 Å². The van der Waals surface area contributed by atoms with Crippen LogP contribution in [0.2, 0.25) is 0 Å². The molecule has 0 aliphatic heterocycles. The van der Waals surface area contributed by atoms with E-state index in [4.69, 9.17) is 5.73 Å². The second kappa shape index (κ2) is 4.61. The largest absolute Gasteiger partial charge is 0.383 e. The zero-order chi connectivity index (χ0) is 11.4. The third-order valence-electron chi connectivity index (χ3n) is 2.40. The van der Waals surface area contributed by atoms with Crippen LogP contribution < -0.4 is 5.73 Å². The van der Waals surface area contributed by atoms with Gasteiger partial charge >= 0.3 is 0 Å². The van der Waals surface area contributed by atoms with E-state index in [0.717, 1.165) is 11.3 Å². The Morgan fingerprint density at radius 1 is 1.31 bits per heavy atom. The van der Waals surface area contributed by atoms with Crippen molar-refractivity contribution < 1.29 is 0 Å². The second-order valence-corrected chi connectivity index (χ2v) is 3.51. The third kappa shape index (κ3) is 2.28. The fraction of sp³-hybridized carbons (Fsp3) is 0.167. The highest BCUT2D eigenvalue weighted by Gasteiger charge is 1.99. The van der Waals surface area contributed by atoms with Gasteiger partial charge < -0.3 is 5.73 Å². The highest BCUT2D eigenvalue weighted by molar-refractivity contribution is 5.97. The molecule has 82 valence electrons. The van der Waals surface area contributed by atoms with Crippen molar-refractivity contribution in [2.75, 3.05) is 0 Å². The maximum Gasteiger partial charge on any atom is 0.126 e. The molecule has 0 fully saturated rings. The number of rotatable bonds is 3. The normalized spacial score (nSPS) is 11.7. The lowest BCUT2D eigenvalue weighted by atomic mass is 10.2. The topological polar surface area (TPSA) is 56.2 Å². The molecule has 0 aliphatic rings. The molecule has 1 aromatic carbocycles. The first-order chi connectivity index (χ1) is 7.77. The minimum Gasteiger partial charge on any atom is -0.383 e. The lowest BCUT2D eigenvalue weighted by molar-refractivity contribution is 0.712. The first kappa shape index (κ1) is 10.4. The summed E-state index contributed by atoms with van der Waals surface area (Å²) in [6, 6.07) is 11.7. The Morgan fingerprint density at radius 3 is 2.69 bits per heavy atom. The third-order valence-corrected chi connectivity index (χ3v) is 2.40. The summed E-state index contributed by atoms with van der Waals surface area (Å²) >= 11 is 0. The highest BCUT2D eigenvalue weighted by atomic mass is 15.3. The standard InChI is InChI=1S/C12H14N4/c1-16-11(7-8-15-16)9-14-12(13)10-5-3-2-4-6-10/h2-8H,9H2,1H3,(H2,13,14). The van der Waals surface area contributed by atoms with E-state index in [2.05, 4.69) is 10.1 Å². The number of hydrogen-bond acceptors (Lipinski definition) is 2. The van der Waals surface area contributed by atoms with Gasteiger partial charge in [-0.3, -0.25) is 9.67 Å². The van der Waals surface area contributed by atoms with E-state index < -0.39 is 0 Å². The molecule has 0 aliphatic carbocycles. The average Bonchev–Trinajstić information content (AvgIpc) is 2.73. The van der Waals surface area contributed by atoms with Crippen LogP contribution in [0.4, 0.5) is 0 Å². The van der Waals surface area contributed by atoms with Crippen molar-refractivity contribution in [1.82, 2.24) is 9.78 Å². The lowest BCUT2D eigenvalue weighted by Crippen LogP contribution is -2.13. The number of aryl methyl sites for hydroxylation is 1. The van der Waals surface area contributed by atoms with Crippen LogP contribution in [0, 0.1) is 0 Å². The van der Waals surface area contributed by atoms with Gasteiger partial charge in [-0.25, -0.2) is 0 Å². The molecule has 1 aromatic heterocycles. The Morgan fingerprint density at radius 2 is 2.06 bits per heavy atom. The lowest BCUT2D eigenvalue weighted by Gasteiger charge is -2.01. The molecule has 0 spiro atoms. The number of nitrogens with two attached hydrogens (primary N) is 1. The first-order valence-electron chi connectivity index (χ1n) is 5.09. The maximum absolute atomic E-state index is 5.88. The van der Waals surface area contributed by atoms with Gasteiger partial charge in [0.1, 0.15) is 5.84 Å². The van der Waals surface area contributed by atoms with Gasteiger partial charge in [-0.2, -0.15) is 5.10 Å². The van der Waals surface area contributed by atoms with E-state index in [1.807, 2.05) is 43.4 Å². The Bertz CT molecular complexity index is 485. The summed E-state index contributed by atoms with van der Waals surface area (Å²) in [5, 5.41) is 4.07. The van der Waals surface area contributed by atoms with Crippen molar-refractivity contribution in [2.45, 2.75) is 6.54 Å². The highest BCUT2D eigenvalue weighted by Crippen LogP contribution is 2.02. The van der Waals surface area contributed by atoms with Crippen molar-refractivity contribution in [3.05, 3.63) is 53.9 Å². The Hall–Kier alpha value is -2.10. The molecule has 0 atom stereocenters. The average molecular weight is 214 g/mol. The molecule has 0 amide bonds. The van der Waals surface area contributed by atoms with E-state index in [9.17, 15) is 0 Å². The van der Waals surface area contributed by atoms with E-state index in [-0.39, 0.29) is 0 Å². The molecule has 0 bridgehead atoms. The fourth-order valence-electron chi connectivity index (χ4n) is 1.42. The van der Waals surface area contributed by atoms with Gasteiger partial charge in [-0.05, 0) is 6.07 Å². The summed E-state index contributed by atoms with van der Waals surface area (Å²) in [4.78, 5) is 4.33. The SMILES string of the molecule is Cn1nccc1CN=C(N)c1ccccc1.